The molecule has 1 spiro atoms. The van der Waals surface area contributed by atoms with Gasteiger partial charge in [-0.25, -0.2) is 0 Å². The van der Waals surface area contributed by atoms with Gasteiger partial charge in [-0.2, -0.15) is 0 Å². The van der Waals surface area contributed by atoms with Crippen LogP contribution >= 0.6 is 0 Å². The van der Waals surface area contributed by atoms with Crippen molar-refractivity contribution in [2.45, 2.75) is 46.5 Å². The molecule has 1 heterocycles. The van der Waals surface area contributed by atoms with E-state index in [9.17, 15) is 0 Å². The molecule has 1 aliphatic carbocycles. The van der Waals surface area contributed by atoms with Crippen LogP contribution in [0.15, 0.2) is 11.8 Å². The third-order valence-corrected chi connectivity index (χ3v) is 4.80. The van der Waals surface area contributed by atoms with Gasteiger partial charge in [0.2, 0.25) is 0 Å². The van der Waals surface area contributed by atoms with E-state index in [1.54, 1.807) is 0 Å². The lowest BCUT2D eigenvalue weighted by atomic mass is 9.56. The molecular formula is C13H23N. The number of rotatable bonds is 1. The summed E-state index contributed by atoms with van der Waals surface area (Å²) in [6.45, 7) is 9.41. The summed E-state index contributed by atoms with van der Waals surface area (Å²) in [5, 5.41) is 0. The summed E-state index contributed by atoms with van der Waals surface area (Å²) in [5.41, 5.74) is 2.22. The summed E-state index contributed by atoms with van der Waals surface area (Å²) in [6, 6.07) is 0. The van der Waals surface area contributed by atoms with Crippen LogP contribution in [0, 0.1) is 11.3 Å². The van der Waals surface area contributed by atoms with Gasteiger partial charge in [-0.1, -0.05) is 13.0 Å². The first-order chi connectivity index (χ1) is 6.68. The molecule has 0 N–H and O–H groups in total. The maximum atomic E-state index is 2.55. The highest BCUT2D eigenvalue weighted by Crippen LogP contribution is 2.53. The highest BCUT2D eigenvalue weighted by atomic mass is 15.1. The van der Waals surface area contributed by atoms with E-state index >= 15 is 0 Å². The van der Waals surface area contributed by atoms with Crippen LogP contribution in [0.5, 0.6) is 0 Å². The minimum atomic E-state index is 0.754. The van der Waals surface area contributed by atoms with Gasteiger partial charge in [0.1, 0.15) is 0 Å². The summed E-state index contributed by atoms with van der Waals surface area (Å²) in [4.78, 5) is 2.55. The van der Waals surface area contributed by atoms with Crippen LogP contribution < -0.4 is 0 Å². The van der Waals surface area contributed by atoms with Crippen molar-refractivity contribution < 1.29 is 0 Å². The largest absolute Gasteiger partial charge is 0.375 e. The molecule has 0 aromatic rings. The van der Waals surface area contributed by atoms with E-state index in [-0.39, 0.29) is 0 Å². The van der Waals surface area contributed by atoms with Crippen LogP contribution in [0.25, 0.3) is 0 Å². The van der Waals surface area contributed by atoms with Crippen molar-refractivity contribution in [1.29, 1.82) is 0 Å². The molecular weight excluding hydrogens is 170 g/mol. The van der Waals surface area contributed by atoms with Crippen molar-refractivity contribution in [3.05, 3.63) is 11.8 Å². The normalized spacial score (nSPS) is 31.8. The van der Waals surface area contributed by atoms with Gasteiger partial charge >= 0.3 is 0 Å². The first kappa shape index (κ1) is 10.1. The lowest BCUT2D eigenvalue weighted by Crippen LogP contribution is -2.47. The Labute approximate surface area is 88.2 Å². The summed E-state index contributed by atoms with van der Waals surface area (Å²) in [7, 11) is 0. The summed E-state index contributed by atoms with van der Waals surface area (Å²) in [6.07, 6.45) is 8.07. The number of likely N-dealkylation sites (tertiary alicyclic amines) is 1. The standard InChI is InChI=1S/C13H23N/c1-4-12(3)14-9-7-13(8-10-14)6-5-11(13)2/h4,11H,5-10H2,1-3H3/b12-4+. The fraction of sp³-hybridized carbons (Fsp3) is 0.846. The van der Waals surface area contributed by atoms with Crippen molar-refractivity contribution in [3.63, 3.8) is 0 Å². The van der Waals surface area contributed by atoms with Gasteiger partial charge in [0, 0.05) is 18.8 Å². The third kappa shape index (κ3) is 1.47. The predicted molar refractivity (Wildman–Crippen MR) is 61.1 cm³/mol. The highest BCUT2D eigenvalue weighted by Gasteiger charge is 2.45. The second-order valence-electron chi connectivity index (χ2n) is 5.22. The second kappa shape index (κ2) is 3.60. The molecule has 1 aliphatic heterocycles. The number of nitrogens with zero attached hydrogens (tertiary/aromatic N) is 1. The monoisotopic (exact) mass is 193 g/mol. The zero-order valence-corrected chi connectivity index (χ0v) is 9.84. The molecule has 80 valence electrons. The second-order valence-corrected chi connectivity index (χ2v) is 5.22. The number of hydrogen-bond acceptors (Lipinski definition) is 1. The average Bonchev–Trinajstić information content (AvgIpc) is 2.26. The fourth-order valence-corrected chi connectivity index (χ4v) is 3.07. The topological polar surface area (TPSA) is 3.24 Å². The maximum absolute atomic E-state index is 2.55. The molecule has 1 saturated heterocycles. The first-order valence-electron chi connectivity index (χ1n) is 6.06. The van der Waals surface area contributed by atoms with Gasteiger partial charge < -0.3 is 4.90 Å². The Morgan fingerprint density at radius 3 is 2.29 bits per heavy atom. The van der Waals surface area contributed by atoms with Crippen molar-refractivity contribution in [2.24, 2.45) is 11.3 Å². The lowest BCUT2D eigenvalue weighted by Gasteiger charge is -2.53. The average molecular weight is 193 g/mol. The lowest BCUT2D eigenvalue weighted by molar-refractivity contribution is -0.0164. The Morgan fingerprint density at radius 1 is 1.29 bits per heavy atom. The molecule has 0 amide bonds. The summed E-state index contributed by atoms with van der Waals surface area (Å²) < 4.78 is 0. The van der Waals surface area contributed by atoms with E-state index in [4.69, 9.17) is 0 Å². The van der Waals surface area contributed by atoms with E-state index in [1.807, 2.05) is 0 Å². The highest BCUT2D eigenvalue weighted by molar-refractivity contribution is 5.02. The minimum absolute atomic E-state index is 0.754. The van der Waals surface area contributed by atoms with Gasteiger partial charge in [0.15, 0.2) is 0 Å². The molecule has 1 saturated carbocycles. The van der Waals surface area contributed by atoms with Crippen molar-refractivity contribution in [3.8, 4) is 0 Å². The molecule has 2 fully saturated rings. The smallest absolute Gasteiger partial charge is 0.0180 e. The van der Waals surface area contributed by atoms with E-state index < -0.39 is 0 Å². The first-order valence-corrected chi connectivity index (χ1v) is 6.06. The van der Waals surface area contributed by atoms with Crippen LogP contribution in [0.3, 0.4) is 0 Å². The van der Waals surface area contributed by atoms with Gasteiger partial charge in [0.05, 0.1) is 0 Å². The van der Waals surface area contributed by atoms with Crippen LogP contribution in [0.4, 0.5) is 0 Å². The number of piperidine rings is 1. The van der Waals surface area contributed by atoms with Gasteiger partial charge in [-0.15, -0.1) is 0 Å². The molecule has 0 aromatic heterocycles. The van der Waals surface area contributed by atoms with Gasteiger partial charge in [-0.3, -0.25) is 0 Å². The van der Waals surface area contributed by atoms with Crippen molar-refractivity contribution in [2.75, 3.05) is 13.1 Å². The Bertz CT molecular complexity index is 234. The number of hydrogen-bond donors (Lipinski definition) is 0. The molecule has 0 radical (unpaired) electrons. The molecule has 2 aliphatic rings. The van der Waals surface area contributed by atoms with Crippen LogP contribution in [-0.2, 0) is 0 Å². The molecule has 1 atom stereocenters. The minimum Gasteiger partial charge on any atom is -0.375 e. The van der Waals surface area contributed by atoms with Crippen molar-refractivity contribution >= 4 is 0 Å². The van der Waals surface area contributed by atoms with E-state index in [0.717, 1.165) is 11.3 Å². The molecule has 2 rings (SSSR count). The maximum Gasteiger partial charge on any atom is 0.0180 e. The Morgan fingerprint density at radius 2 is 1.93 bits per heavy atom. The third-order valence-electron chi connectivity index (χ3n) is 4.80. The van der Waals surface area contributed by atoms with E-state index in [2.05, 4.69) is 31.7 Å². The molecule has 1 nitrogen and oxygen atoms in total. The van der Waals surface area contributed by atoms with Crippen LogP contribution in [0.1, 0.15) is 46.5 Å². The Kier molecular flexibility index (Phi) is 2.59. The number of allylic oxidation sites excluding steroid dienone is 2. The quantitative estimate of drug-likeness (QED) is 0.617. The van der Waals surface area contributed by atoms with Crippen molar-refractivity contribution in [1.82, 2.24) is 4.90 Å². The fourth-order valence-electron chi connectivity index (χ4n) is 3.07. The Balaban J connectivity index is 1.92. The summed E-state index contributed by atoms with van der Waals surface area (Å²) in [5.74, 6) is 0.996. The van der Waals surface area contributed by atoms with Gasteiger partial charge in [0.25, 0.3) is 0 Å². The Hall–Kier alpha value is -0.460. The summed E-state index contributed by atoms with van der Waals surface area (Å²) >= 11 is 0. The molecule has 1 unspecified atom stereocenters. The predicted octanol–water partition coefficient (Wildman–Crippen LogP) is 3.42. The van der Waals surface area contributed by atoms with E-state index in [1.165, 1.54) is 44.5 Å². The van der Waals surface area contributed by atoms with Crippen LogP contribution in [0.2, 0.25) is 0 Å². The molecule has 14 heavy (non-hydrogen) atoms. The zero-order valence-electron chi connectivity index (χ0n) is 9.84. The molecule has 0 aromatic carbocycles. The zero-order chi connectivity index (χ0) is 10.2. The van der Waals surface area contributed by atoms with Gasteiger partial charge in [-0.05, 0) is 50.9 Å². The molecule has 0 bridgehead atoms. The molecule has 1 heteroatoms. The SMILES string of the molecule is C/C=C(\C)N1CCC2(CCC2C)CC1. The van der Waals surface area contributed by atoms with E-state index in [0.29, 0.717) is 0 Å². The van der Waals surface area contributed by atoms with Crippen LogP contribution in [-0.4, -0.2) is 18.0 Å².